The molecule has 29 heavy (non-hydrogen) atoms. The standard InChI is InChI=1S/C23H25ClN4O/c1-7-27-13-20(12-14(2)23(27)26-25-6)28-16(4)15(3)21(17(5)29)22(28)18-8-10-19(24)11-9-18/h8-13,22H,4,6-7H2,1-3,5H3/b26-23-. The molecule has 5 nitrogen and oxygen atoms in total. The highest BCUT2D eigenvalue weighted by molar-refractivity contribution is 6.30. The van der Waals surface area contributed by atoms with Crippen LogP contribution in [-0.2, 0) is 11.3 Å². The molecule has 1 aliphatic rings. The van der Waals surface area contributed by atoms with Gasteiger partial charge in [-0.1, -0.05) is 30.3 Å². The van der Waals surface area contributed by atoms with Gasteiger partial charge in [0.15, 0.2) is 11.3 Å². The molecule has 0 spiro atoms. The minimum absolute atomic E-state index is 0.0358. The van der Waals surface area contributed by atoms with E-state index in [1.807, 2.05) is 61.9 Å². The van der Waals surface area contributed by atoms with Gasteiger partial charge in [-0.15, -0.1) is 5.10 Å². The average Bonchev–Trinajstić information content (AvgIpc) is 2.95. The molecule has 0 aliphatic carbocycles. The SMILES string of the molecule is C=N/N=c1/c(C)cc(N2C(=C)C(C)=C(C(C)=O)C2c2ccc(Cl)cc2)cn1CC. The summed E-state index contributed by atoms with van der Waals surface area (Å²) in [5.74, 6) is 0.0358. The van der Waals surface area contributed by atoms with E-state index in [4.69, 9.17) is 11.6 Å². The molecule has 0 amide bonds. The third-order valence-electron chi connectivity index (χ3n) is 5.29. The number of benzene rings is 1. The normalized spacial score (nSPS) is 17.3. The second-order valence-corrected chi connectivity index (χ2v) is 7.53. The lowest BCUT2D eigenvalue weighted by molar-refractivity contribution is -0.113. The Hall–Kier alpha value is -2.92. The molecule has 2 heterocycles. The quantitative estimate of drug-likeness (QED) is 0.518. The third kappa shape index (κ3) is 3.70. The van der Waals surface area contributed by atoms with Crippen molar-refractivity contribution < 1.29 is 4.79 Å². The van der Waals surface area contributed by atoms with Crippen molar-refractivity contribution in [2.24, 2.45) is 10.2 Å². The van der Waals surface area contributed by atoms with Gasteiger partial charge in [-0.3, -0.25) is 4.79 Å². The number of aromatic nitrogens is 1. The first-order valence-electron chi connectivity index (χ1n) is 9.46. The number of allylic oxidation sites excluding steroid dienone is 1. The molecule has 150 valence electrons. The fourth-order valence-electron chi connectivity index (χ4n) is 3.90. The number of carbonyl (C=O) groups is 1. The zero-order valence-corrected chi connectivity index (χ0v) is 18.0. The summed E-state index contributed by atoms with van der Waals surface area (Å²) in [6, 6.07) is 9.39. The maximum atomic E-state index is 12.6. The molecule has 1 aromatic carbocycles. The van der Waals surface area contributed by atoms with Crippen molar-refractivity contribution in [3.05, 3.63) is 81.6 Å². The minimum atomic E-state index is -0.262. The van der Waals surface area contributed by atoms with E-state index in [2.05, 4.69) is 28.4 Å². The number of anilines is 1. The van der Waals surface area contributed by atoms with E-state index in [1.165, 1.54) is 0 Å². The lowest BCUT2D eigenvalue weighted by Crippen LogP contribution is -2.29. The van der Waals surface area contributed by atoms with E-state index in [0.717, 1.165) is 45.7 Å². The molecule has 1 unspecified atom stereocenters. The number of carbonyl (C=O) groups excluding carboxylic acids is 1. The second kappa shape index (κ2) is 8.21. The molecule has 2 aromatic rings. The molecule has 1 atom stereocenters. The van der Waals surface area contributed by atoms with Gasteiger partial charge in [0.2, 0.25) is 0 Å². The van der Waals surface area contributed by atoms with Crippen LogP contribution in [0, 0.1) is 6.92 Å². The van der Waals surface area contributed by atoms with Gasteiger partial charge in [0.1, 0.15) is 0 Å². The van der Waals surface area contributed by atoms with Gasteiger partial charge in [0.05, 0.1) is 11.7 Å². The smallest absolute Gasteiger partial charge is 0.158 e. The van der Waals surface area contributed by atoms with Gasteiger partial charge < -0.3 is 9.47 Å². The largest absolute Gasteiger partial charge is 0.330 e. The maximum Gasteiger partial charge on any atom is 0.158 e. The molecular formula is C23H25ClN4O. The molecule has 1 aromatic heterocycles. The first-order valence-corrected chi connectivity index (χ1v) is 9.84. The minimum Gasteiger partial charge on any atom is -0.330 e. The van der Waals surface area contributed by atoms with E-state index in [1.54, 1.807) is 6.92 Å². The summed E-state index contributed by atoms with van der Waals surface area (Å²) in [6.45, 7) is 16.1. The van der Waals surface area contributed by atoms with E-state index in [0.29, 0.717) is 5.02 Å². The Labute approximate surface area is 176 Å². The Balaban J connectivity index is 2.24. The van der Waals surface area contributed by atoms with Crippen LogP contribution in [0.15, 0.2) is 70.2 Å². The van der Waals surface area contributed by atoms with Gasteiger partial charge in [-0.25, -0.2) is 0 Å². The zero-order valence-electron chi connectivity index (χ0n) is 17.2. The number of rotatable bonds is 5. The highest BCUT2D eigenvalue weighted by Gasteiger charge is 2.37. The van der Waals surface area contributed by atoms with Crippen molar-refractivity contribution in [3.63, 3.8) is 0 Å². The molecule has 1 aliphatic heterocycles. The number of nitrogens with zero attached hydrogens (tertiary/aromatic N) is 4. The lowest BCUT2D eigenvalue weighted by Gasteiger charge is -2.30. The van der Waals surface area contributed by atoms with Crippen LogP contribution >= 0.6 is 11.6 Å². The van der Waals surface area contributed by atoms with Gasteiger partial charge in [-0.2, -0.15) is 5.10 Å². The van der Waals surface area contributed by atoms with Crippen LogP contribution in [0.1, 0.15) is 37.9 Å². The fraction of sp³-hybridized carbons (Fsp3) is 0.261. The van der Waals surface area contributed by atoms with Crippen LogP contribution in [0.4, 0.5) is 5.69 Å². The van der Waals surface area contributed by atoms with Crippen LogP contribution in [0.2, 0.25) is 5.02 Å². The number of aryl methyl sites for hydroxylation is 2. The van der Waals surface area contributed by atoms with Crippen LogP contribution in [0.5, 0.6) is 0 Å². The van der Waals surface area contributed by atoms with Crippen molar-refractivity contribution in [2.45, 2.75) is 40.3 Å². The predicted molar refractivity (Wildman–Crippen MR) is 119 cm³/mol. The summed E-state index contributed by atoms with van der Waals surface area (Å²) in [7, 11) is 0. The van der Waals surface area contributed by atoms with Crippen LogP contribution in [0.25, 0.3) is 0 Å². The van der Waals surface area contributed by atoms with Crippen LogP contribution in [0.3, 0.4) is 0 Å². The fourth-order valence-corrected chi connectivity index (χ4v) is 4.02. The zero-order chi connectivity index (χ0) is 21.3. The average molecular weight is 409 g/mol. The Kier molecular flexibility index (Phi) is 5.89. The highest BCUT2D eigenvalue weighted by atomic mass is 35.5. The highest BCUT2D eigenvalue weighted by Crippen LogP contribution is 2.45. The monoisotopic (exact) mass is 408 g/mol. The molecule has 0 saturated heterocycles. The van der Waals surface area contributed by atoms with Gasteiger partial charge >= 0.3 is 0 Å². The first kappa shape index (κ1) is 20.8. The van der Waals surface area contributed by atoms with Gasteiger partial charge in [0.25, 0.3) is 0 Å². The Bertz CT molecular complexity index is 1090. The number of Topliss-reactive ketones (excluding diaryl/α,β-unsaturated/α-hetero) is 1. The summed E-state index contributed by atoms with van der Waals surface area (Å²) < 4.78 is 2.02. The van der Waals surface area contributed by atoms with Gasteiger partial charge in [-0.05, 0) is 62.6 Å². The van der Waals surface area contributed by atoms with Gasteiger partial charge in [0, 0.05) is 35.8 Å². The van der Waals surface area contributed by atoms with Crippen molar-refractivity contribution >= 4 is 29.8 Å². The van der Waals surface area contributed by atoms with Crippen molar-refractivity contribution in [1.29, 1.82) is 0 Å². The predicted octanol–water partition coefficient (Wildman–Crippen LogP) is 4.97. The number of hydrogen-bond acceptors (Lipinski definition) is 4. The summed E-state index contributed by atoms with van der Waals surface area (Å²) in [5, 5.41) is 8.52. The number of pyridine rings is 1. The van der Waals surface area contributed by atoms with E-state index in [-0.39, 0.29) is 11.8 Å². The molecule has 3 rings (SSSR count). The summed E-state index contributed by atoms with van der Waals surface area (Å²) in [6.07, 6.45) is 2.02. The lowest BCUT2D eigenvalue weighted by atomic mass is 9.95. The Morgan fingerprint density at radius 3 is 2.45 bits per heavy atom. The summed E-state index contributed by atoms with van der Waals surface area (Å²) >= 11 is 6.10. The van der Waals surface area contributed by atoms with Crippen molar-refractivity contribution in [1.82, 2.24) is 4.57 Å². The molecule has 0 radical (unpaired) electrons. The molecule has 0 N–H and O–H groups in total. The molecular weight excluding hydrogens is 384 g/mol. The summed E-state index contributed by atoms with van der Waals surface area (Å²) in [5.41, 5.74) is 6.11. The second-order valence-electron chi connectivity index (χ2n) is 7.10. The molecule has 0 fully saturated rings. The van der Waals surface area contributed by atoms with Crippen LogP contribution < -0.4 is 10.4 Å². The van der Waals surface area contributed by atoms with Crippen molar-refractivity contribution in [3.8, 4) is 0 Å². The Morgan fingerprint density at radius 1 is 1.24 bits per heavy atom. The number of ketones is 1. The topological polar surface area (TPSA) is 50.0 Å². The van der Waals surface area contributed by atoms with Crippen LogP contribution in [-0.4, -0.2) is 17.1 Å². The van der Waals surface area contributed by atoms with E-state index < -0.39 is 0 Å². The maximum absolute atomic E-state index is 12.6. The first-order chi connectivity index (χ1) is 13.8. The van der Waals surface area contributed by atoms with E-state index >= 15 is 0 Å². The molecule has 6 heteroatoms. The number of hydrogen-bond donors (Lipinski definition) is 0. The molecule has 0 saturated carbocycles. The Morgan fingerprint density at radius 2 is 1.90 bits per heavy atom. The summed E-state index contributed by atoms with van der Waals surface area (Å²) in [4.78, 5) is 14.7. The van der Waals surface area contributed by atoms with E-state index in [9.17, 15) is 4.79 Å². The third-order valence-corrected chi connectivity index (χ3v) is 5.54. The van der Waals surface area contributed by atoms with Crippen molar-refractivity contribution in [2.75, 3.05) is 4.90 Å². The molecule has 0 bridgehead atoms. The number of halogens is 1.